The Morgan fingerprint density at radius 2 is 1.65 bits per heavy atom. The summed E-state index contributed by atoms with van der Waals surface area (Å²) in [6.07, 6.45) is 1.48. The van der Waals surface area contributed by atoms with E-state index >= 15 is 0 Å². The fraction of sp³-hybridized carbons (Fsp3) is 0.310. The van der Waals surface area contributed by atoms with E-state index in [0.29, 0.717) is 18.0 Å². The minimum Gasteiger partial charge on any atom is -0.354 e. The quantitative estimate of drug-likeness (QED) is 0.410. The maximum Gasteiger partial charge on any atom is 0.243 e. The molecule has 2 amide bonds. The standard InChI is InChI=1S/C29H33ClN2O2/c1-4-16-31-29(34)27(18-23-10-6-5-7-11-23)32(20-24-12-8-9-13-26(24)30)28(33)19-25-17-21(2)14-15-22(25)3/h5-15,17,27H,4,16,18-20H2,1-3H3,(H,31,34)/t27-/m0/s1. The highest BCUT2D eigenvalue weighted by Crippen LogP contribution is 2.22. The van der Waals surface area contributed by atoms with Gasteiger partial charge in [0.1, 0.15) is 6.04 Å². The molecule has 0 radical (unpaired) electrons. The molecule has 1 N–H and O–H groups in total. The van der Waals surface area contributed by atoms with E-state index in [2.05, 4.69) is 5.32 Å². The summed E-state index contributed by atoms with van der Waals surface area (Å²) >= 11 is 6.47. The lowest BCUT2D eigenvalue weighted by atomic mass is 9.99. The van der Waals surface area contributed by atoms with Crippen molar-refractivity contribution in [2.45, 2.75) is 52.6 Å². The molecule has 0 saturated carbocycles. The second-order valence-electron chi connectivity index (χ2n) is 8.72. The first-order chi connectivity index (χ1) is 16.4. The van der Waals surface area contributed by atoms with Crippen LogP contribution in [0.3, 0.4) is 0 Å². The van der Waals surface area contributed by atoms with Gasteiger partial charge in [0.2, 0.25) is 11.8 Å². The van der Waals surface area contributed by atoms with E-state index in [9.17, 15) is 9.59 Å². The van der Waals surface area contributed by atoms with Gasteiger partial charge in [-0.3, -0.25) is 9.59 Å². The van der Waals surface area contributed by atoms with Crippen LogP contribution in [0.15, 0.2) is 72.8 Å². The smallest absolute Gasteiger partial charge is 0.243 e. The summed E-state index contributed by atoms with van der Waals surface area (Å²) in [5.74, 6) is -0.242. The molecule has 1 atom stereocenters. The first kappa shape index (κ1) is 25.5. The molecule has 34 heavy (non-hydrogen) atoms. The Morgan fingerprint density at radius 1 is 0.941 bits per heavy atom. The molecule has 0 aromatic heterocycles. The fourth-order valence-corrected chi connectivity index (χ4v) is 4.18. The highest BCUT2D eigenvalue weighted by atomic mass is 35.5. The summed E-state index contributed by atoms with van der Waals surface area (Å²) in [5, 5.41) is 3.59. The summed E-state index contributed by atoms with van der Waals surface area (Å²) in [6.45, 7) is 6.87. The lowest BCUT2D eigenvalue weighted by Crippen LogP contribution is -2.51. The average molecular weight is 477 g/mol. The van der Waals surface area contributed by atoms with Crippen LogP contribution in [0.4, 0.5) is 0 Å². The Kier molecular flexibility index (Phi) is 9.29. The molecule has 5 heteroatoms. The Balaban J connectivity index is 1.99. The van der Waals surface area contributed by atoms with Crippen molar-refractivity contribution in [2.24, 2.45) is 0 Å². The Hall–Kier alpha value is -3.11. The number of hydrogen-bond donors (Lipinski definition) is 1. The number of amides is 2. The van der Waals surface area contributed by atoms with Gasteiger partial charge in [-0.15, -0.1) is 0 Å². The van der Waals surface area contributed by atoms with Crippen molar-refractivity contribution in [3.05, 3.63) is 106 Å². The van der Waals surface area contributed by atoms with Gasteiger partial charge < -0.3 is 10.2 Å². The maximum absolute atomic E-state index is 13.8. The number of halogens is 1. The van der Waals surface area contributed by atoms with Gasteiger partial charge in [-0.25, -0.2) is 0 Å². The zero-order valence-electron chi connectivity index (χ0n) is 20.2. The van der Waals surface area contributed by atoms with E-state index in [0.717, 1.165) is 34.2 Å². The molecule has 0 aliphatic rings. The molecule has 0 heterocycles. The lowest BCUT2D eigenvalue weighted by Gasteiger charge is -2.32. The summed E-state index contributed by atoms with van der Waals surface area (Å²) in [4.78, 5) is 28.9. The van der Waals surface area contributed by atoms with Gasteiger partial charge in [-0.05, 0) is 48.6 Å². The number of hydrogen-bond acceptors (Lipinski definition) is 2. The van der Waals surface area contributed by atoms with Gasteiger partial charge >= 0.3 is 0 Å². The van der Waals surface area contributed by atoms with E-state index in [-0.39, 0.29) is 24.8 Å². The minimum absolute atomic E-state index is 0.0961. The Bertz CT molecular complexity index is 1110. The molecule has 0 bridgehead atoms. The van der Waals surface area contributed by atoms with Gasteiger partial charge in [-0.1, -0.05) is 90.8 Å². The Morgan fingerprint density at radius 3 is 2.35 bits per heavy atom. The van der Waals surface area contributed by atoms with Crippen LogP contribution in [-0.4, -0.2) is 29.3 Å². The summed E-state index contributed by atoms with van der Waals surface area (Å²) < 4.78 is 0. The fourth-order valence-electron chi connectivity index (χ4n) is 3.99. The molecule has 0 aliphatic heterocycles. The number of nitrogens with one attached hydrogen (secondary N) is 1. The maximum atomic E-state index is 13.8. The number of carbonyl (C=O) groups is 2. The number of nitrogens with zero attached hydrogens (tertiary/aromatic N) is 1. The normalized spacial score (nSPS) is 11.6. The van der Waals surface area contributed by atoms with E-state index in [1.165, 1.54) is 0 Å². The van der Waals surface area contributed by atoms with Gasteiger partial charge in [0.05, 0.1) is 6.42 Å². The van der Waals surface area contributed by atoms with Crippen molar-refractivity contribution < 1.29 is 9.59 Å². The van der Waals surface area contributed by atoms with Crippen molar-refractivity contribution in [1.82, 2.24) is 10.2 Å². The first-order valence-electron chi connectivity index (χ1n) is 11.8. The lowest BCUT2D eigenvalue weighted by molar-refractivity contribution is -0.140. The second-order valence-corrected chi connectivity index (χ2v) is 9.12. The van der Waals surface area contributed by atoms with Crippen LogP contribution in [-0.2, 0) is 29.0 Å². The Labute approximate surface area is 207 Å². The van der Waals surface area contributed by atoms with E-state index in [4.69, 9.17) is 11.6 Å². The molecule has 0 aliphatic carbocycles. The van der Waals surface area contributed by atoms with Gasteiger partial charge in [0.25, 0.3) is 0 Å². The largest absolute Gasteiger partial charge is 0.354 e. The number of rotatable bonds is 10. The molecule has 4 nitrogen and oxygen atoms in total. The topological polar surface area (TPSA) is 49.4 Å². The minimum atomic E-state index is -0.650. The highest BCUT2D eigenvalue weighted by molar-refractivity contribution is 6.31. The SMILES string of the molecule is CCCNC(=O)[C@H](Cc1ccccc1)N(Cc1ccccc1Cl)C(=O)Cc1cc(C)ccc1C. The van der Waals surface area contributed by atoms with Gasteiger partial charge in [-0.2, -0.15) is 0 Å². The molecule has 0 spiro atoms. The summed E-state index contributed by atoms with van der Waals surface area (Å²) in [5.41, 5.74) is 4.96. The van der Waals surface area contributed by atoms with Gasteiger partial charge in [0, 0.05) is 24.5 Å². The third-order valence-corrected chi connectivity index (χ3v) is 6.33. The molecule has 0 unspecified atom stereocenters. The molecule has 178 valence electrons. The summed E-state index contributed by atoms with van der Waals surface area (Å²) in [7, 11) is 0. The van der Waals surface area contributed by atoms with E-state index in [1.807, 2.05) is 93.6 Å². The average Bonchev–Trinajstić information content (AvgIpc) is 2.83. The highest BCUT2D eigenvalue weighted by Gasteiger charge is 2.30. The third-order valence-electron chi connectivity index (χ3n) is 5.97. The van der Waals surface area contributed by atoms with Crippen molar-refractivity contribution >= 4 is 23.4 Å². The zero-order chi connectivity index (χ0) is 24.5. The van der Waals surface area contributed by atoms with Crippen LogP contribution in [0, 0.1) is 13.8 Å². The molecule has 3 rings (SSSR count). The van der Waals surface area contributed by atoms with Crippen LogP contribution in [0.2, 0.25) is 5.02 Å². The van der Waals surface area contributed by atoms with Crippen LogP contribution in [0.25, 0.3) is 0 Å². The predicted molar refractivity (Wildman–Crippen MR) is 139 cm³/mol. The molecular weight excluding hydrogens is 444 g/mol. The van der Waals surface area contributed by atoms with Gasteiger partial charge in [0.15, 0.2) is 0 Å². The van der Waals surface area contributed by atoms with Crippen molar-refractivity contribution in [1.29, 1.82) is 0 Å². The van der Waals surface area contributed by atoms with Crippen LogP contribution < -0.4 is 5.32 Å². The zero-order valence-corrected chi connectivity index (χ0v) is 20.9. The van der Waals surface area contributed by atoms with E-state index in [1.54, 1.807) is 4.90 Å². The van der Waals surface area contributed by atoms with Crippen molar-refractivity contribution in [3.8, 4) is 0 Å². The molecular formula is C29H33ClN2O2. The third kappa shape index (κ3) is 6.94. The number of aryl methyl sites for hydroxylation is 2. The number of benzene rings is 3. The monoisotopic (exact) mass is 476 g/mol. The molecule has 0 fully saturated rings. The predicted octanol–water partition coefficient (Wildman–Crippen LogP) is 5.67. The van der Waals surface area contributed by atoms with Crippen molar-refractivity contribution in [3.63, 3.8) is 0 Å². The summed E-state index contributed by atoms with van der Waals surface area (Å²) in [6, 6.07) is 22.8. The van der Waals surface area contributed by atoms with Crippen LogP contribution in [0.5, 0.6) is 0 Å². The van der Waals surface area contributed by atoms with Crippen LogP contribution >= 0.6 is 11.6 Å². The molecule has 0 saturated heterocycles. The van der Waals surface area contributed by atoms with E-state index < -0.39 is 6.04 Å². The molecule has 3 aromatic carbocycles. The van der Waals surface area contributed by atoms with Crippen LogP contribution in [0.1, 0.15) is 41.2 Å². The number of carbonyl (C=O) groups excluding carboxylic acids is 2. The molecule has 3 aromatic rings. The first-order valence-corrected chi connectivity index (χ1v) is 12.2. The van der Waals surface area contributed by atoms with Crippen molar-refractivity contribution in [2.75, 3.05) is 6.54 Å². The second kappa shape index (κ2) is 12.4.